The molecule has 204 valence electrons. The van der Waals surface area contributed by atoms with E-state index in [1.165, 1.54) is 6.08 Å². The first-order chi connectivity index (χ1) is 18.5. The number of phenolic OH excluding ortho intramolecular Hbond substituents is 1. The number of aliphatic imine (C=N–C) groups is 1. The fourth-order valence-corrected chi connectivity index (χ4v) is 4.68. The van der Waals surface area contributed by atoms with Crippen LogP contribution in [0.25, 0.3) is 6.08 Å². The van der Waals surface area contributed by atoms with Crippen molar-refractivity contribution < 1.29 is 19.4 Å². The third-order valence-corrected chi connectivity index (χ3v) is 7.17. The molecule has 0 radical (unpaired) electrons. The number of carbonyl (C=O) groups is 1. The van der Waals surface area contributed by atoms with Gasteiger partial charge in [0.05, 0.1) is 12.3 Å². The van der Waals surface area contributed by atoms with E-state index in [9.17, 15) is 9.90 Å². The largest absolute Gasteiger partial charge is 0.507 e. The number of phenols is 1. The lowest BCUT2D eigenvalue weighted by Crippen LogP contribution is -2.38. The maximum Gasteiger partial charge on any atom is 0.248 e. The Morgan fingerprint density at radius 3 is 2.59 bits per heavy atom. The molecular weight excluding hydrogens is 492 g/mol. The normalized spacial score (nSPS) is 16.3. The molecule has 0 saturated carbocycles. The molecule has 1 unspecified atom stereocenters. The second-order valence-corrected chi connectivity index (χ2v) is 10.2. The lowest BCUT2D eigenvalue weighted by molar-refractivity contribution is -0.111. The molecule has 8 heteroatoms. The summed E-state index contributed by atoms with van der Waals surface area (Å²) < 4.78 is 12.5. The number of benzene rings is 3. The van der Waals surface area contributed by atoms with Crippen LogP contribution in [0.3, 0.4) is 0 Å². The molecule has 0 spiro atoms. The predicted octanol–water partition coefficient (Wildman–Crippen LogP) is 5.43. The first-order valence-electron chi connectivity index (χ1n) is 13.0. The van der Waals surface area contributed by atoms with Crippen LogP contribution >= 0.6 is 0 Å². The summed E-state index contributed by atoms with van der Waals surface area (Å²) in [6.45, 7) is 8.44. The number of hydrogen-bond donors (Lipinski definition) is 4. The van der Waals surface area contributed by atoms with Gasteiger partial charge < -0.3 is 31.4 Å². The minimum Gasteiger partial charge on any atom is -0.507 e. The number of nitrogens with zero attached hydrogens (tertiary/aromatic N) is 1. The number of fused-ring (bicyclic) bond motifs is 1. The number of aromatic hydroxyl groups is 1. The van der Waals surface area contributed by atoms with Gasteiger partial charge in [-0.3, -0.25) is 4.79 Å². The second kappa shape index (κ2) is 11.5. The van der Waals surface area contributed by atoms with Crippen molar-refractivity contribution >= 4 is 29.3 Å². The maximum absolute atomic E-state index is 12.4. The van der Waals surface area contributed by atoms with E-state index in [-0.39, 0.29) is 17.5 Å². The Balaban J connectivity index is 1.32. The van der Waals surface area contributed by atoms with Crippen molar-refractivity contribution in [2.75, 3.05) is 11.9 Å². The molecule has 0 bridgehead atoms. The summed E-state index contributed by atoms with van der Waals surface area (Å²) in [6.07, 6.45) is 5.57. The summed E-state index contributed by atoms with van der Waals surface area (Å²) in [4.78, 5) is 16.4. The van der Waals surface area contributed by atoms with Gasteiger partial charge in [0, 0.05) is 29.8 Å². The summed E-state index contributed by atoms with van der Waals surface area (Å²) in [5.74, 6) is 1.66. The predicted molar refractivity (Wildman–Crippen MR) is 156 cm³/mol. The van der Waals surface area contributed by atoms with Crippen LogP contribution in [-0.2, 0) is 11.2 Å². The molecule has 4 rings (SSSR count). The third-order valence-electron chi connectivity index (χ3n) is 7.17. The van der Waals surface area contributed by atoms with Crippen LogP contribution in [0.5, 0.6) is 17.2 Å². The molecule has 3 aromatic carbocycles. The minimum absolute atomic E-state index is 0.00620. The first-order valence-corrected chi connectivity index (χ1v) is 13.0. The highest BCUT2D eigenvalue weighted by molar-refractivity contribution is 6.02. The quantitative estimate of drug-likeness (QED) is 0.175. The average molecular weight is 529 g/mol. The van der Waals surface area contributed by atoms with Crippen LogP contribution in [0.15, 0.2) is 59.6 Å². The van der Waals surface area contributed by atoms with Gasteiger partial charge in [0.2, 0.25) is 5.91 Å². The Hall–Kier alpha value is -4.46. The van der Waals surface area contributed by atoms with Crippen LogP contribution < -0.4 is 26.3 Å². The highest BCUT2D eigenvalue weighted by Crippen LogP contribution is 2.44. The van der Waals surface area contributed by atoms with Gasteiger partial charge in [-0.05, 0) is 93.1 Å². The number of guanidine groups is 1. The van der Waals surface area contributed by atoms with E-state index < -0.39 is 0 Å². The Labute approximate surface area is 229 Å². The van der Waals surface area contributed by atoms with Gasteiger partial charge in [0.15, 0.2) is 5.96 Å². The van der Waals surface area contributed by atoms with E-state index in [1.54, 1.807) is 24.3 Å². The number of anilines is 1. The highest BCUT2D eigenvalue weighted by atomic mass is 16.5. The topological polar surface area (TPSA) is 132 Å². The molecule has 0 aromatic heterocycles. The molecule has 6 N–H and O–H groups in total. The van der Waals surface area contributed by atoms with Crippen molar-refractivity contribution in [1.29, 1.82) is 0 Å². The molecular formula is C31H36N4O4. The second-order valence-electron chi connectivity index (χ2n) is 10.2. The van der Waals surface area contributed by atoms with E-state index in [1.807, 2.05) is 51.1 Å². The van der Waals surface area contributed by atoms with Crippen LogP contribution in [0, 0.1) is 20.8 Å². The fraction of sp³-hybridized carbons (Fsp3) is 0.290. The number of hydrogen-bond acceptors (Lipinski definition) is 5. The van der Waals surface area contributed by atoms with E-state index in [0.717, 1.165) is 46.4 Å². The number of ether oxygens (including phenoxy) is 2. The molecule has 39 heavy (non-hydrogen) atoms. The van der Waals surface area contributed by atoms with E-state index >= 15 is 0 Å². The Kier molecular flexibility index (Phi) is 8.14. The SMILES string of the molecule is Cc1c(C)c2c(c(C)c1O)CCC(C)(CCOc1cccc(NC(=O)C=Cc3ccc(N=C(N)N)cc3)c1)O2. The summed E-state index contributed by atoms with van der Waals surface area (Å²) in [6, 6.07) is 14.5. The molecule has 1 aliphatic heterocycles. The number of carbonyl (C=O) groups excluding carboxylic acids is 1. The van der Waals surface area contributed by atoms with Gasteiger partial charge in [0.1, 0.15) is 22.8 Å². The van der Waals surface area contributed by atoms with Crippen LogP contribution in [-0.4, -0.2) is 29.2 Å². The lowest BCUT2D eigenvalue weighted by atomic mass is 9.86. The molecule has 1 amide bonds. The monoisotopic (exact) mass is 528 g/mol. The summed E-state index contributed by atoms with van der Waals surface area (Å²) in [5, 5.41) is 13.3. The molecule has 1 aliphatic rings. The van der Waals surface area contributed by atoms with Gasteiger partial charge in [-0.25, -0.2) is 4.99 Å². The maximum atomic E-state index is 12.4. The van der Waals surface area contributed by atoms with Crippen molar-refractivity contribution in [3.05, 3.63) is 82.4 Å². The van der Waals surface area contributed by atoms with Gasteiger partial charge in [-0.2, -0.15) is 0 Å². The molecule has 0 fully saturated rings. The fourth-order valence-electron chi connectivity index (χ4n) is 4.68. The summed E-state index contributed by atoms with van der Waals surface area (Å²) in [5.41, 5.74) is 16.4. The Morgan fingerprint density at radius 1 is 1.13 bits per heavy atom. The van der Waals surface area contributed by atoms with E-state index in [0.29, 0.717) is 35.9 Å². The van der Waals surface area contributed by atoms with Gasteiger partial charge in [0.25, 0.3) is 0 Å². The number of nitrogens with one attached hydrogen (secondary N) is 1. The van der Waals surface area contributed by atoms with Crippen molar-refractivity contribution in [3.63, 3.8) is 0 Å². The lowest BCUT2D eigenvalue weighted by Gasteiger charge is -2.38. The smallest absolute Gasteiger partial charge is 0.248 e. The highest BCUT2D eigenvalue weighted by Gasteiger charge is 2.34. The van der Waals surface area contributed by atoms with Gasteiger partial charge in [-0.15, -0.1) is 0 Å². The zero-order valence-electron chi connectivity index (χ0n) is 22.9. The summed E-state index contributed by atoms with van der Waals surface area (Å²) >= 11 is 0. The molecule has 8 nitrogen and oxygen atoms in total. The van der Waals surface area contributed by atoms with Crippen molar-refractivity contribution in [2.45, 2.75) is 52.6 Å². The number of rotatable bonds is 8. The van der Waals surface area contributed by atoms with Crippen molar-refractivity contribution in [3.8, 4) is 17.2 Å². The van der Waals surface area contributed by atoms with E-state index in [4.69, 9.17) is 20.9 Å². The number of amides is 1. The van der Waals surface area contributed by atoms with Crippen LogP contribution in [0.1, 0.15) is 47.6 Å². The third kappa shape index (κ3) is 6.71. The van der Waals surface area contributed by atoms with Gasteiger partial charge >= 0.3 is 0 Å². The molecule has 3 aromatic rings. The minimum atomic E-state index is -0.369. The van der Waals surface area contributed by atoms with Crippen LogP contribution in [0.4, 0.5) is 11.4 Å². The van der Waals surface area contributed by atoms with E-state index in [2.05, 4.69) is 17.2 Å². The molecule has 0 saturated heterocycles. The molecule has 1 heterocycles. The number of nitrogens with two attached hydrogens (primary N) is 2. The zero-order valence-corrected chi connectivity index (χ0v) is 22.9. The van der Waals surface area contributed by atoms with Crippen molar-refractivity contribution in [1.82, 2.24) is 0 Å². The molecule has 0 aliphatic carbocycles. The standard InChI is InChI=1S/C31H36N4O4/c1-19-20(2)29-26(21(3)28(19)37)14-15-31(4,39-29)16-17-38-25-7-5-6-24(18-25)34-27(36)13-10-22-8-11-23(12-9-22)35-30(32)33/h5-13,18,37H,14-17H2,1-4H3,(H,34,36)(H4,32,33,35). The van der Waals surface area contributed by atoms with Gasteiger partial charge in [-0.1, -0.05) is 18.2 Å². The first kappa shape index (κ1) is 27.6. The van der Waals surface area contributed by atoms with Crippen LogP contribution in [0.2, 0.25) is 0 Å². The molecule has 1 atom stereocenters. The average Bonchev–Trinajstić information content (AvgIpc) is 2.90. The zero-order chi connectivity index (χ0) is 28.2. The Bertz CT molecular complexity index is 1430. The summed E-state index contributed by atoms with van der Waals surface area (Å²) in [7, 11) is 0. The van der Waals surface area contributed by atoms with Crippen molar-refractivity contribution in [2.24, 2.45) is 16.5 Å². The Morgan fingerprint density at radius 2 is 1.87 bits per heavy atom.